The van der Waals surface area contributed by atoms with E-state index in [4.69, 9.17) is 5.11 Å². The van der Waals surface area contributed by atoms with Crippen LogP contribution in [0.15, 0.2) is 54.6 Å². The van der Waals surface area contributed by atoms with Gasteiger partial charge in [0.15, 0.2) is 0 Å². The molecule has 0 bridgehead atoms. The molecule has 13 nitrogen and oxygen atoms in total. The highest BCUT2D eigenvalue weighted by molar-refractivity contribution is 5.89. The zero-order valence-electron chi connectivity index (χ0n) is 18.4. The highest BCUT2D eigenvalue weighted by Gasteiger charge is 2.25. The van der Waals surface area contributed by atoms with Gasteiger partial charge in [-0.3, -0.25) is 20.2 Å². The third kappa shape index (κ3) is 6.25. The molecule has 3 rings (SSSR count). The molecular formula is C22H24N6O7. The lowest BCUT2D eigenvalue weighted by atomic mass is 10.1. The summed E-state index contributed by atoms with van der Waals surface area (Å²) >= 11 is 0. The number of hydrogen-bond acceptors (Lipinski definition) is 11. The third-order valence-corrected chi connectivity index (χ3v) is 4.83. The predicted molar refractivity (Wildman–Crippen MR) is 132 cm³/mol. The first-order valence-electron chi connectivity index (χ1n) is 10.5. The van der Waals surface area contributed by atoms with Crippen LogP contribution in [0, 0.1) is 20.2 Å². The van der Waals surface area contributed by atoms with Crippen molar-refractivity contribution in [3.63, 3.8) is 0 Å². The molecule has 0 spiro atoms. The molecule has 0 aromatic heterocycles. The summed E-state index contributed by atoms with van der Waals surface area (Å²) in [5.41, 5.74) is 0.823. The Morgan fingerprint density at radius 1 is 0.714 bits per heavy atom. The van der Waals surface area contributed by atoms with Crippen LogP contribution in [0.3, 0.4) is 0 Å². The fraction of sp³-hybridized carbons (Fsp3) is 0.182. The average Bonchev–Trinajstić information content (AvgIpc) is 2.83. The molecular weight excluding hydrogens is 460 g/mol. The van der Waals surface area contributed by atoms with E-state index < -0.39 is 21.2 Å². The minimum atomic E-state index is -0.729. The number of nitro benzene ring substituents is 2. The number of nitrogens with one attached hydrogen (secondary N) is 4. The average molecular weight is 484 g/mol. The molecule has 0 atom stereocenters. The van der Waals surface area contributed by atoms with Gasteiger partial charge in [-0.1, -0.05) is 6.07 Å². The van der Waals surface area contributed by atoms with E-state index in [0.717, 1.165) is 6.07 Å². The number of aromatic hydroxyl groups is 1. The highest BCUT2D eigenvalue weighted by atomic mass is 16.6. The van der Waals surface area contributed by atoms with Crippen LogP contribution in [0.4, 0.5) is 45.5 Å². The molecule has 3 aromatic carbocycles. The summed E-state index contributed by atoms with van der Waals surface area (Å²) in [6, 6.07) is 12.9. The quantitative estimate of drug-likeness (QED) is 0.113. The van der Waals surface area contributed by atoms with Crippen molar-refractivity contribution in [2.45, 2.75) is 0 Å². The normalized spacial score (nSPS) is 10.5. The van der Waals surface area contributed by atoms with Crippen molar-refractivity contribution in [2.24, 2.45) is 0 Å². The first kappa shape index (κ1) is 25.0. The van der Waals surface area contributed by atoms with Gasteiger partial charge in [-0.2, -0.15) is 0 Å². The van der Waals surface area contributed by atoms with Crippen LogP contribution in [0.1, 0.15) is 0 Å². The number of para-hydroxylation sites is 1. The molecule has 35 heavy (non-hydrogen) atoms. The van der Waals surface area contributed by atoms with Gasteiger partial charge in [0.2, 0.25) is 0 Å². The van der Waals surface area contributed by atoms with Crippen LogP contribution in [-0.2, 0) is 0 Å². The molecule has 0 amide bonds. The summed E-state index contributed by atoms with van der Waals surface area (Å²) in [6.07, 6.45) is 0. The molecule has 0 unspecified atom stereocenters. The maximum atomic E-state index is 11.8. The van der Waals surface area contributed by atoms with Crippen molar-refractivity contribution >= 4 is 45.5 Å². The molecule has 0 saturated heterocycles. The molecule has 7 N–H and O–H groups in total. The zero-order valence-corrected chi connectivity index (χ0v) is 18.4. The highest BCUT2D eigenvalue weighted by Crippen LogP contribution is 2.41. The maximum Gasteiger partial charge on any atom is 0.299 e. The maximum absolute atomic E-state index is 11.8. The first-order valence-corrected chi connectivity index (χ1v) is 10.5. The summed E-state index contributed by atoms with van der Waals surface area (Å²) in [4.78, 5) is 22.0. The van der Waals surface area contributed by atoms with Gasteiger partial charge in [0.25, 0.3) is 11.4 Å². The van der Waals surface area contributed by atoms with Crippen molar-refractivity contribution in [3.8, 4) is 5.75 Å². The standard InChI is InChI=1S/C22H24N6O7/c29-10-8-23-16-2-1-3-17(22(16)24-9-11-30)26-19-12-18(25-14-4-6-15(31)7-5-14)20(27(32)33)13-21(19)28(34)35/h1-7,12-13,23-26,29-31H,8-11H2. The second kappa shape index (κ2) is 11.5. The minimum Gasteiger partial charge on any atom is -0.508 e. The van der Waals surface area contributed by atoms with Crippen LogP contribution >= 0.6 is 0 Å². The summed E-state index contributed by atoms with van der Waals surface area (Å²) < 4.78 is 0. The van der Waals surface area contributed by atoms with Crippen molar-refractivity contribution in [1.82, 2.24) is 0 Å². The van der Waals surface area contributed by atoms with Gasteiger partial charge >= 0.3 is 0 Å². The van der Waals surface area contributed by atoms with Crippen LogP contribution in [0.5, 0.6) is 5.75 Å². The van der Waals surface area contributed by atoms with Gasteiger partial charge in [0, 0.05) is 18.8 Å². The number of nitro groups is 2. The van der Waals surface area contributed by atoms with E-state index in [2.05, 4.69) is 21.3 Å². The van der Waals surface area contributed by atoms with Gasteiger partial charge < -0.3 is 36.6 Å². The lowest BCUT2D eigenvalue weighted by Gasteiger charge is -2.19. The fourth-order valence-electron chi connectivity index (χ4n) is 3.29. The van der Waals surface area contributed by atoms with Crippen molar-refractivity contribution in [3.05, 3.63) is 74.8 Å². The SMILES string of the molecule is O=[N+]([O-])c1cc([N+](=O)[O-])c(Nc2cccc(NCCO)c2NCCO)cc1Nc1ccc(O)cc1. The third-order valence-electron chi connectivity index (χ3n) is 4.83. The molecule has 13 heteroatoms. The number of aliphatic hydroxyl groups is 2. The summed E-state index contributed by atoms with van der Waals surface area (Å²) in [5, 5.41) is 63.1. The summed E-state index contributed by atoms with van der Waals surface area (Å²) in [5.74, 6) is 0.00806. The van der Waals surface area contributed by atoms with Crippen LogP contribution in [-0.4, -0.2) is 51.5 Å². The van der Waals surface area contributed by atoms with Crippen molar-refractivity contribution < 1.29 is 25.2 Å². The number of rotatable bonds is 12. The molecule has 0 aliphatic heterocycles. The van der Waals surface area contributed by atoms with Gasteiger partial charge in [-0.15, -0.1) is 0 Å². The van der Waals surface area contributed by atoms with E-state index in [1.54, 1.807) is 18.2 Å². The zero-order chi connectivity index (χ0) is 25.4. The van der Waals surface area contributed by atoms with E-state index in [1.165, 1.54) is 30.3 Å². The van der Waals surface area contributed by atoms with Crippen molar-refractivity contribution in [2.75, 3.05) is 47.6 Å². The number of nitrogens with zero attached hydrogens (tertiary/aromatic N) is 2. The number of aliphatic hydroxyl groups excluding tert-OH is 2. The Labute approximate surface area is 199 Å². The van der Waals surface area contributed by atoms with Gasteiger partial charge in [0.05, 0.1) is 46.2 Å². The van der Waals surface area contributed by atoms with E-state index in [0.29, 0.717) is 22.7 Å². The molecule has 0 radical (unpaired) electrons. The minimum absolute atomic E-state index is 0.00628. The molecule has 0 aliphatic rings. The number of hydrogen-bond donors (Lipinski definition) is 7. The Bertz CT molecular complexity index is 1200. The monoisotopic (exact) mass is 484 g/mol. The lowest BCUT2D eigenvalue weighted by Crippen LogP contribution is -2.13. The van der Waals surface area contributed by atoms with Gasteiger partial charge in [0.1, 0.15) is 17.1 Å². The molecule has 0 fully saturated rings. The number of phenolic OH excluding ortho intramolecular Hbond substituents is 1. The number of phenols is 1. The largest absolute Gasteiger partial charge is 0.508 e. The summed E-state index contributed by atoms with van der Waals surface area (Å²) in [7, 11) is 0. The van der Waals surface area contributed by atoms with Crippen LogP contribution in [0.2, 0.25) is 0 Å². The Balaban J connectivity index is 2.08. The molecule has 184 valence electrons. The topological polar surface area (TPSA) is 195 Å². The fourth-order valence-corrected chi connectivity index (χ4v) is 3.29. The predicted octanol–water partition coefficient (Wildman–Crippen LogP) is 3.50. The van der Waals surface area contributed by atoms with Crippen LogP contribution in [0.25, 0.3) is 0 Å². The Hall–Kier alpha value is -4.62. The van der Waals surface area contributed by atoms with E-state index in [1.807, 2.05) is 0 Å². The Morgan fingerprint density at radius 2 is 1.29 bits per heavy atom. The molecule has 3 aromatic rings. The smallest absolute Gasteiger partial charge is 0.299 e. The Kier molecular flexibility index (Phi) is 8.21. The van der Waals surface area contributed by atoms with E-state index >= 15 is 0 Å². The molecule has 0 aliphatic carbocycles. The summed E-state index contributed by atoms with van der Waals surface area (Å²) in [6.45, 7) is 0.126. The second-order valence-electron chi connectivity index (χ2n) is 7.23. The van der Waals surface area contributed by atoms with Gasteiger partial charge in [-0.05, 0) is 42.5 Å². The van der Waals surface area contributed by atoms with E-state index in [-0.39, 0.29) is 43.4 Å². The second-order valence-corrected chi connectivity index (χ2v) is 7.23. The van der Waals surface area contributed by atoms with E-state index in [9.17, 15) is 30.4 Å². The molecule has 0 saturated carbocycles. The number of benzene rings is 3. The van der Waals surface area contributed by atoms with Crippen LogP contribution < -0.4 is 21.3 Å². The Morgan fingerprint density at radius 3 is 1.89 bits per heavy atom. The number of anilines is 6. The van der Waals surface area contributed by atoms with Crippen molar-refractivity contribution in [1.29, 1.82) is 0 Å². The van der Waals surface area contributed by atoms with Gasteiger partial charge in [-0.25, -0.2) is 0 Å². The first-order chi connectivity index (χ1) is 16.8. The molecule has 0 heterocycles. The lowest BCUT2D eigenvalue weighted by molar-refractivity contribution is -0.393.